The quantitative estimate of drug-likeness (QED) is 0.360. The fourth-order valence-electron chi connectivity index (χ4n) is 8.14. The Morgan fingerprint density at radius 1 is 0.460 bits per heavy atom. The van der Waals surface area contributed by atoms with Crippen LogP contribution in [0.25, 0.3) is 0 Å². The van der Waals surface area contributed by atoms with Crippen molar-refractivity contribution in [3.05, 3.63) is 0 Å². The van der Waals surface area contributed by atoms with Crippen LogP contribution in [0, 0.1) is 0 Å². The lowest BCUT2D eigenvalue weighted by Crippen LogP contribution is -2.46. The number of carbonyl (C=O) groups is 4. The summed E-state index contributed by atoms with van der Waals surface area (Å²) in [6.45, 7) is 1.99. The molecule has 2 aliphatic heterocycles. The van der Waals surface area contributed by atoms with Gasteiger partial charge in [-0.15, -0.1) is 0 Å². The molecule has 4 amide bonds. The first-order valence-electron chi connectivity index (χ1n) is 19.3. The molecule has 3 saturated carbocycles. The highest BCUT2D eigenvalue weighted by Crippen LogP contribution is 2.27. The Morgan fingerprint density at radius 2 is 0.760 bits per heavy atom. The van der Waals surface area contributed by atoms with Crippen LogP contribution in [0.3, 0.4) is 0 Å². The van der Waals surface area contributed by atoms with Crippen LogP contribution in [0.1, 0.15) is 116 Å². The first-order chi connectivity index (χ1) is 24.0. The minimum absolute atomic E-state index is 0.163. The minimum Gasteiger partial charge on any atom is -0.446 e. The molecule has 4 N–H and O–H groups in total. The molecule has 14 heteroatoms. The Bertz CT molecular complexity index is 1020. The molecule has 5 fully saturated rings. The summed E-state index contributed by atoms with van der Waals surface area (Å²) in [5.74, 6) is 0. The number of likely N-dealkylation sites (tertiary alicyclic amines) is 2. The second-order valence-electron chi connectivity index (χ2n) is 15.4. The van der Waals surface area contributed by atoms with Crippen molar-refractivity contribution in [1.29, 1.82) is 0 Å². The zero-order chi connectivity index (χ0) is 35.6. The number of carbonyl (C=O) groups excluding carboxylic acids is 4. The Balaban J connectivity index is 0.933. The first kappa shape index (κ1) is 38.2. The van der Waals surface area contributed by atoms with Crippen LogP contribution in [0.4, 0.5) is 19.2 Å². The molecule has 14 nitrogen and oxygen atoms in total. The normalized spacial score (nSPS) is 30.3. The Kier molecular flexibility index (Phi) is 14.1. The van der Waals surface area contributed by atoms with Gasteiger partial charge in [0.1, 0.15) is 24.4 Å². The number of hydrogen-bond donors (Lipinski definition) is 2. The molecule has 5 aliphatic rings. The topological polar surface area (TPSA) is 170 Å². The van der Waals surface area contributed by atoms with E-state index in [1.54, 1.807) is 33.7 Å². The van der Waals surface area contributed by atoms with E-state index in [2.05, 4.69) is 0 Å². The second kappa shape index (κ2) is 18.5. The molecule has 0 spiro atoms. The number of amides is 4. The third-order valence-electron chi connectivity index (χ3n) is 11.7. The summed E-state index contributed by atoms with van der Waals surface area (Å²) in [6, 6.07) is 0.798. The van der Waals surface area contributed by atoms with Gasteiger partial charge in [0, 0.05) is 90.1 Å². The SMILES string of the molecule is CN(C(=O)OC1CCN(C(=O)OC2CCCC(OC(=O)N3CCC(OC(=O)N(C)C4CCC(N)CC4)CC3)CCC2)CC1)C1CCC(N)CC1. The van der Waals surface area contributed by atoms with Gasteiger partial charge in [-0.3, -0.25) is 0 Å². The van der Waals surface area contributed by atoms with Crippen molar-refractivity contribution in [1.82, 2.24) is 19.6 Å². The van der Waals surface area contributed by atoms with Crippen LogP contribution >= 0.6 is 0 Å². The highest BCUT2D eigenvalue weighted by Gasteiger charge is 2.33. The molecule has 3 aliphatic carbocycles. The van der Waals surface area contributed by atoms with E-state index in [1.165, 1.54) is 0 Å². The van der Waals surface area contributed by atoms with Crippen LogP contribution in [0.2, 0.25) is 0 Å². The molecule has 0 bridgehead atoms. The molecule has 0 unspecified atom stereocenters. The van der Waals surface area contributed by atoms with E-state index in [4.69, 9.17) is 30.4 Å². The smallest absolute Gasteiger partial charge is 0.410 e. The maximum absolute atomic E-state index is 13.0. The summed E-state index contributed by atoms with van der Waals surface area (Å²) in [6.07, 6.45) is 12.3. The Hall–Kier alpha value is -3.00. The van der Waals surface area contributed by atoms with Crippen molar-refractivity contribution in [2.45, 2.75) is 164 Å². The van der Waals surface area contributed by atoms with Gasteiger partial charge in [0.2, 0.25) is 0 Å². The highest BCUT2D eigenvalue weighted by molar-refractivity contribution is 5.70. The molecule has 0 atom stereocenters. The summed E-state index contributed by atoms with van der Waals surface area (Å²) in [4.78, 5) is 58.3. The Morgan fingerprint density at radius 3 is 1.08 bits per heavy atom. The van der Waals surface area contributed by atoms with Gasteiger partial charge in [-0.05, 0) is 89.9 Å². The van der Waals surface area contributed by atoms with E-state index < -0.39 is 0 Å². The monoisotopic (exact) mass is 706 g/mol. The molecular formula is C36H62N6O8. The summed E-state index contributed by atoms with van der Waals surface area (Å²) in [7, 11) is 3.61. The van der Waals surface area contributed by atoms with Crippen LogP contribution in [-0.2, 0) is 18.9 Å². The van der Waals surface area contributed by atoms with Crippen molar-refractivity contribution in [3.63, 3.8) is 0 Å². The summed E-state index contributed by atoms with van der Waals surface area (Å²) in [5.41, 5.74) is 12.0. The standard InChI is InChI=1S/C36H62N6O8/c1-39(27-13-9-25(37)10-14-27)33(43)47-31-17-21-41(22-18-31)35(45)49-29-5-3-7-30(8-4-6-29)50-36(46)42-23-19-32(20-24-42)48-34(44)40(2)28-15-11-26(38)12-16-28/h25-32H,3-24,37-38H2,1-2H3. The lowest BCUT2D eigenvalue weighted by atomic mass is 9.91. The molecule has 2 heterocycles. The largest absolute Gasteiger partial charge is 0.446 e. The van der Waals surface area contributed by atoms with E-state index in [9.17, 15) is 19.2 Å². The minimum atomic E-state index is -0.307. The van der Waals surface area contributed by atoms with E-state index in [-0.39, 0.29) is 73.0 Å². The zero-order valence-corrected chi connectivity index (χ0v) is 30.4. The predicted molar refractivity (Wildman–Crippen MR) is 186 cm³/mol. The molecule has 0 radical (unpaired) electrons. The van der Waals surface area contributed by atoms with Crippen molar-refractivity contribution in [2.24, 2.45) is 11.5 Å². The van der Waals surface area contributed by atoms with Gasteiger partial charge in [-0.1, -0.05) is 0 Å². The average Bonchev–Trinajstić information content (AvgIpc) is 3.10. The number of nitrogens with zero attached hydrogens (tertiary/aromatic N) is 4. The predicted octanol–water partition coefficient (Wildman–Crippen LogP) is 4.96. The number of hydrogen-bond acceptors (Lipinski definition) is 10. The highest BCUT2D eigenvalue weighted by atomic mass is 16.6. The van der Waals surface area contributed by atoms with E-state index in [0.29, 0.717) is 51.9 Å². The van der Waals surface area contributed by atoms with Crippen LogP contribution < -0.4 is 11.5 Å². The van der Waals surface area contributed by atoms with Crippen molar-refractivity contribution >= 4 is 24.4 Å². The molecular weight excluding hydrogens is 644 g/mol. The number of piperidine rings is 2. The molecule has 0 aromatic carbocycles. The molecule has 2 saturated heterocycles. The summed E-state index contributed by atoms with van der Waals surface area (Å²) in [5, 5.41) is 0. The first-order valence-corrected chi connectivity index (χ1v) is 19.3. The number of rotatable bonds is 6. The van der Waals surface area contributed by atoms with Gasteiger partial charge in [0.05, 0.1) is 0 Å². The third kappa shape index (κ3) is 11.0. The van der Waals surface area contributed by atoms with Crippen LogP contribution in [0.5, 0.6) is 0 Å². The molecule has 0 aromatic heterocycles. The average molecular weight is 707 g/mol. The maximum atomic E-state index is 13.0. The van der Waals surface area contributed by atoms with Crippen molar-refractivity contribution in [3.8, 4) is 0 Å². The van der Waals surface area contributed by atoms with Gasteiger partial charge < -0.3 is 50.0 Å². The van der Waals surface area contributed by atoms with Crippen molar-refractivity contribution in [2.75, 3.05) is 40.3 Å². The lowest BCUT2D eigenvalue weighted by Gasteiger charge is -2.36. The fourth-order valence-corrected chi connectivity index (χ4v) is 8.14. The fraction of sp³-hybridized carbons (Fsp3) is 0.889. The van der Waals surface area contributed by atoms with Gasteiger partial charge in [-0.25, -0.2) is 19.2 Å². The van der Waals surface area contributed by atoms with Gasteiger partial charge in [0.15, 0.2) is 0 Å². The van der Waals surface area contributed by atoms with E-state index in [0.717, 1.165) is 89.9 Å². The van der Waals surface area contributed by atoms with Gasteiger partial charge >= 0.3 is 24.4 Å². The van der Waals surface area contributed by atoms with Crippen molar-refractivity contribution < 1.29 is 38.1 Å². The molecule has 5 rings (SSSR count). The zero-order valence-electron chi connectivity index (χ0n) is 30.4. The van der Waals surface area contributed by atoms with E-state index in [1.807, 2.05) is 0 Å². The van der Waals surface area contributed by atoms with Crippen LogP contribution in [0.15, 0.2) is 0 Å². The van der Waals surface area contributed by atoms with Crippen LogP contribution in [-0.4, -0.2) is 133 Å². The lowest BCUT2D eigenvalue weighted by molar-refractivity contribution is 0.00225. The number of ether oxygens (including phenoxy) is 4. The second-order valence-corrected chi connectivity index (χ2v) is 15.4. The Labute approximate surface area is 297 Å². The molecule has 50 heavy (non-hydrogen) atoms. The summed E-state index contributed by atoms with van der Waals surface area (Å²) < 4.78 is 23.4. The molecule has 0 aromatic rings. The third-order valence-corrected chi connectivity index (χ3v) is 11.7. The van der Waals surface area contributed by atoms with Gasteiger partial charge in [0.25, 0.3) is 0 Å². The number of nitrogens with two attached hydrogens (primary N) is 2. The van der Waals surface area contributed by atoms with E-state index >= 15 is 0 Å². The molecule has 284 valence electrons. The van der Waals surface area contributed by atoms with Gasteiger partial charge in [-0.2, -0.15) is 0 Å². The summed E-state index contributed by atoms with van der Waals surface area (Å²) >= 11 is 0. The maximum Gasteiger partial charge on any atom is 0.410 e.